The summed E-state index contributed by atoms with van der Waals surface area (Å²) in [5.74, 6) is -0.645. The number of rotatable bonds is 6. The van der Waals surface area contributed by atoms with Gasteiger partial charge < -0.3 is 25.0 Å². The molecule has 2 heterocycles. The van der Waals surface area contributed by atoms with E-state index < -0.39 is 11.6 Å². The number of nitrogens with two attached hydrogens (primary N) is 1. The summed E-state index contributed by atoms with van der Waals surface area (Å²) in [6.45, 7) is 7.84. The number of hydrogen-bond acceptors (Lipinski definition) is 7. The second-order valence-electron chi connectivity index (χ2n) is 10.8. The molecule has 0 aromatic heterocycles. The van der Waals surface area contributed by atoms with Gasteiger partial charge in [0, 0.05) is 44.1 Å². The van der Waals surface area contributed by atoms with Gasteiger partial charge >= 0.3 is 12.1 Å². The van der Waals surface area contributed by atoms with Crippen molar-refractivity contribution in [3.05, 3.63) is 29.3 Å². The summed E-state index contributed by atoms with van der Waals surface area (Å²) in [6, 6.07) is 4.77. The van der Waals surface area contributed by atoms with Crippen LogP contribution in [0.2, 0.25) is 0 Å². The van der Waals surface area contributed by atoms with Gasteiger partial charge in [0.1, 0.15) is 5.60 Å². The summed E-state index contributed by atoms with van der Waals surface area (Å²) in [4.78, 5) is 53.9. The van der Waals surface area contributed by atoms with E-state index in [0.717, 1.165) is 25.7 Å². The van der Waals surface area contributed by atoms with Gasteiger partial charge in [-0.1, -0.05) is 6.07 Å². The first-order valence-corrected chi connectivity index (χ1v) is 12.8. The quantitative estimate of drug-likeness (QED) is 0.357. The van der Waals surface area contributed by atoms with Crippen LogP contribution in [0.5, 0.6) is 0 Å². The maximum absolute atomic E-state index is 13.2. The number of hydrogen-bond donors (Lipinski definition) is 1. The number of likely N-dealkylation sites (tertiary alicyclic amines) is 2. The fraction of sp³-hybridized carbons (Fsp3) is 0.630. The zero-order chi connectivity index (χ0) is 26.5. The van der Waals surface area contributed by atoms with Crippen molar-refractivity contribution in [1.82, 2.24) is 9.80 Å². The highest BCUT2D eigenvalue weighted by Gasteiger charge is 2.32. The lowest BCUT2D eigenvalue weighted by atomic mass is 9.88. The van der Waals surface area contributed by atoms with Crippen LogP contribution in [0.4, 0.5) is 10.5 Å². The topological polar surface area (TPSA) is 119 Å². The maximum Gasteiger partial charge on any atom is 0.410 e. The van der Waals surface area contributed by atoms with Gasteiger partial charge in [0.2, 0.25) is 5.91 Å². The smallest absolute Gasteiger partial charge is 0.410 e. The van der Waals surface area contributed by atoms with Crippen molar-refractivity contribution < 1.29 is 28.7 Å². The standard InChI is InChI=1S/C27H39N3O6/c1-27(2,3)36-26(34)29-15-12-18(13-16-29)10-11-22(31)30-14-6-7-19(17-30)24(32)20-8-5-9-21(23(20)28)25(33)35-4/h5,8-9,18-19H,6-7,10-17,28H2,1-4H3/t19-/m1/s1. The highest BCUT2D eigenvalue weighted by Crippen LogP contribution is 2.28. The Hall–Kier alpha value is -3.10. The van der Waals surface area contributed by atoms with Gasteiger partial charge in [-0.05, 0) is 70.9 Å². The molecule has 3 rings (SSSR count). The molecule has 9 heteroatoms. The van der Waals surface area contributed by atoms with Crippen molar-refractivity contribution >= 4 is 29.4 Å². The molecule has 36 heavy (non-hydrogen) atoms. The van der Waals surface area contributed by atoms with Gasteiger partial charge in [0.15, 0.2) is 5.78 Å². The summed E-state index contributed by atoms with van der Waals surface area (Å²) in [5, 5.41) is 0. The molecule has 2 amide bonds. The third kappa shape index (κ3) is 6.98. The summed E-state index contributed by atoms with van der Waals surface area (Å²) in [7, 11) is 1.27. The fourth-order valence-electron chi connectivity index (χ4n) is 4.92. The van der Waals surface area contributed by atoms with Crippen LogP contribution >= 0.6 is 0 Å². The predicted molar refractivity (Wildman–Crippen MR) is 136 cm³/mol. The number of carbonyl (C=O) groups excluding carboxylic acids is 4. The predicted octanol–water partition coefficient (Wildman–Crippen LogP) is 3.90. The SMILES string of the molecule is COC(=O)c1cccc(C(=O)[C@@H]2CCCN(C(=O)CCC3CCN(C(=O)OC(C)(C)C)CC3)C2)c1N. The lowest BCUT2D eigenvalue weighted by Gasteiger charge is -2.34. The first-order chi connectivity index (χ1) is 17.0. The number of ether oxygens (including phenoxy) is 2. The van der Waals surface area contributed by atoms with Crippen LogP contribution in [0, 0.1) is 11.8 Å². The molecule has 2 aliphatic rings. The Morgan fingerprint density at radius 2 is 1.67 bits per heavy atom. The Bertz CT molecular complexity index is 978. The number of nitrogens with zero attached hydrogens (tertiary/aromatic N) is 2. The molecule has 1 aromatic rings. The molecular weight excluding hydrogens is 462 g/mol. The number of benzene rings is 1. The van der Waals surface area contributed by atoms with E-state index in [9.17, 15) is 19.2 Å². The summed E-state index contributed by atoms with van der Waals surface area (Å²) < 4.78 is 10.2. The van der Waals surface area contributed by atoms with Gasteiger partial charge in [-0.25, -0.2) is 9.59 Å². The molecule has 2 N–H and O–H groups in total. The maximum atomic E-state index is 13.2. The number of nitrogen functional groups attached to an aromatic ring is 1. The van der Waals surface area contributed by atoms with Crippen molar-refractivity contribution in [1.29, 1.82) is 0 Å². The lowest BCUT2D eigenvalue weighted by Crippen LogP contribution is -2.43. The third-order valence-corrected chi connectivity index (χ3v) is 6.95. The molecule has 9 nitrogen and oxygen atoms in total. The largest absolute Gasteiger partial charge is 0.465 e. The first-order valence-electron chi connectivity index (χ1n) is 12.8. The van der Waals surface area contributed by atoms with E-state index >= 15 is 0 Å². The molecule has 1 aromatic carbocycles. The molecule has 2 saturated heterocycles. The first kappa shape index (κ1) is 27.5. The lowest BCUT2D eigenvalue weighted by molar-refractivity contribution is -0.133. The molecule has 1 atom stereocenters. The Labute approximate surface area is 213 Å². The molecular formula is C27H39N3O6. The van der Waals surface area contributed by atoms with E-state index in [2.05, 4.69) is 0 Å². The molecule has 0 radical (unpaired) electrons. The van der Waals surface area contributed by atoms with Crippen molar-refractivity contribution in [3.63, 3.8) is 0 Å². The Kier molecular flexibility index (Phi) is 8.98. The Balaban J connectivity index is 1.50. The van der Waals surface area contributed by atoms with Crippen molar-refractivity contribution in [2.45, 2.75) is 64.9 Å². The molecule has 2 aliphatic heterocycles. The average Bonchev–Trinajstić information content (AvgIpc) is 2.86. The van der Waals surface area contributed by atoms with E-state index in [4.69, 9.17) is 15.2 Å². The number of esters is 1. The molecule has 0 saturated carbocycles. The van der Waals surface area contributed by atoms with Gasteiger partial charge in [-0.2, -0.15) is 0 Å². The molecule has 0 aliphatic carbocycles. The number of anilines is 1. The van der Waals surface area contributed by atoms with Crippen molar-refractivity contribution in [2.24, 2.45) is 11.8 Å². The Morgan fingerprint density at radius 3 is 2.31 bits per heavy atom. The van der Waals surface area contributed by atoms with Crippen LogP contribution in [-0.2, 0) is 14.3 Å². The third-order valence-electron chi connectivity index (χ3n) is 6.95. The van der Waals surface area contributed by atoms with Crippen molar-refractivity contribution in [2.75, 3.05) is 39.0 Å². The van der Waals surface area contributed by atoms with Crippen LogP contribution < -0.4 is 5.73 Å². The van der Waals surface area contributed by atoms with Crippen LogP contribution in [0.15, 0.2) is 18.2 Å². The summed E-state index contributed by atoms with van der Waals surface area (Å²) in [6.07, 6.45) is 4.04. The minimum Gasteiger partial charge on any atom is -0.465 e. The molecule has 198 valence electrons. The van der Waals surface area contributed by atoms with Gasteiger partial charge in [-0.15, -0.1) is 0 Å². The van der Waals surface area contributed by atoms with E-state index in [1.165, 1.54) is 13.2 Å². The number of ketones is 1. The van der Waals surface area contributed by atoms with Crippen LogP contribution in [0.3, 0.4) is 0 Å². The van der Waals surface area contributed by atoms with E-state index in [-0.39, 0.29) is 35.0 Å². The van der Waals surface area contributed by atoms with Crippen LogP contribution in [0.1, 0.15) is 80.0 Å². The zero-order valence-electron chi connectivity index (χ0n) is 21.9. The molecule has 0 spiro atoms. The van der Waals surface area contributed by atoms with Crippen molar-refractivity contribution in [3.8, 4) is 0 Å². The highest BCUT2D eigenvalue weighted by atomic mass is 16.6. The number of piperidine rings is 2. The van der Waals surface area contributed by atoms with Crippen LogP contribution in [-0.4, -0.2) is 72.4 Å². The minimum absolute atomic E-state index is 0.0540. The fourth-order valence-corrected chi connectivity index (χ4v) is 4.92. The minimum atomic E-state index is -0.584. The van der Waals surface area contributed by atoms with Gasteiger partial charge in [0.25, 0.3) is 0 Å². The Morgan fingerprint density at radius 1 is 1.00 bits per heavy atom. The highest BCUT2D eigenvalue weighted by molar-refractivity contribution is 6.07. The number of carbonyl (C=O) groups is 4. The average molecular weight is 502 g/mol. The monoisotopic (exact) mass is 501 g/mol. The summed E-state index contributed by atoms with van der Waals surface area (Å²) in [5.41, 5.74) is 6.20. The number of methoxy groups -OCH3 is 1. The normalized spacial score (nSPS) is 19.1. The van der Waals surface area contributed by atoms with E-state index in [1.807, 2.05) is 20.8 Å². The van der Waals surface area contributed by atoms with E-state index in [1.54, 1.807) is 21.9 Å². The molecule has 0 bridgehead atoms. The molecule has 0 unspecified atom stereocenters. The van der Waals surface area contributed by atoms with Crippen LogP contribution in [0.25, 0.3) is 0 Å². The zero-order valence-corrected chi connectivity index (χ0v) is 21.9. The number of Topliss-reactive ketones (excluding diaryl/α,β-unsaturated/α-hetero) is 1. The second-order valence-corrected chi connectivity index (χ2v) is 10.8. The molecule has 2 fully saturated rings. The number of amides is 2. The number of para-hydroxylation sites is 1. The second kappa shape index (κ2) is 11.8. The van der Waals surface area contributed by atoms with Gasteiger partial charge in [0.05, 0.1) is 18.4 Å². The van der Waals surface area contributed by atoms with Gasteiger partial charge in [-0.3, -0.25) is 9.59 Å². The van der Waals surface area contributed by atoms with E-state index in [0.29, 0.717) is 50.5 Å². The summed E-state index contributed by atoms with van der Waals surface area (Å²) >= 11 is 0.